The van der Waals surface area contributed by atoms with E-state index in [0.29, 0.717) is 73.7 Å². The minimum absolute atomic E-state index is 0.0515. The van der Waals surface area contributed by atoms with Crippen LogP contribution in [0.15, 0.2) is 170 Å². The van der Waals surface area contributed by atoms with Crippen molar-refractivity contribution < 1.29 is 43.3 Å². The maximum Gasteiger partial charge on any atom is 0.266 e. The first-order chi connectivity index (χ1) is 34.8. The molecule has 0 radical (unpaired) electrons. The molecule has 362 valence electrons. The quantitative estimate of drug-likeness (QED) is 0.121. The van der Waals surface area contributed by atoms with Gasteiger partial charge in [0.05, 0.1) is 53.9 Å². The number of anilines is 5. The minimum Gasteiger partial charge on any atom is -0.454 e. The Balaban J connectivity index is 1.02. The fraction of sp³-hybridized carbons (Fsp3) is 0.207. The Kier molecular flexibility index (Phi) is 11.9. The SMILES string of the molecule is C[C@@H]1[C@@H]([Si](C)(C)O)[C@H](CC(=O)N(CCO)Cc2ccccc2)O[C@@]12C(=O)N(Cc1cccc(N3C(=O)c4ccccc4Oc4ccccc43)c1)c1ccc(N3C(=O)c4ccccc4Oc4ccccc43)cc12. The monoisotopic (exact) mass is 976 g/mol. The Morgan fingerprint density at radius 3 is 1.78 bits per heavy atom. The van der Waals surface area contributed by atoms with Crippen LogP contribution in [0.5, 0.6) is 23.0 Å². The van der Waals surface area contributed by atoms with Crippen molar-refractivity contribution in [2.24, 2.45) is 5.92 Å². The Bertz CT molecular complexity index is 3290. The van der Waals surface area contributed by atoms with Gasteiger partial charge in [-0.1, -0.05) is 97.9 Å². The van der Waals surface area contributed by atoms with E-state index in [2.05, 4.69) is 0 Å². The molecule has 4 aliphatic rings. The molecular formula is C58H52N4O9Si. The van der Waals surface area contributed by atoms with Gasteiger partial charge in [0.2, 0.25) is 5.91 Å². The third-order valence-electron chi connectivity index (χ3n) is 14.3. The fourth-order valence-corrected chi connectivity index (χ4v) is 13.7. The maximum absolute atomic E-state index is 16.0. The lowest BCUT2D eigenvalue weighted by Crippen LogP contribution is -2.46. The number of ether oxygens (including phenoxy) is 3. The van der Waals surface area contributed by atoms with Gasteiger partial charge in [-0.15, -0.1) is 0 Å². The van der Waals surface area contributed by atoms with E-state index in [1.54, 1.807) is 81.2 Å². The molecule has 1 saturated heterocycles. The molecule has 4 amide bonds. The van der Waals surface area contributed by atoms with Crippen molar-refractivity contribution in [1.82, 2.24) is 4.90 Å². The lowest BCUT2D eigenvalue weighted by atomic mass is 9.82. The molecule has 14 heteroatoms. The largest absolute Gasteiger partial charge is 0.454 e. The van der Waals surface area contributed by atoms with E-state index in [-0.39, 0.29) is 50.4 Å². The van der Waals surface area contributed by atoms with Crippen LogP contribution in [0.25, 0.3) is 0 Å². The molecule has 0 saturated carbocycles. The Labute approximate surface area is 418 Å². The lowest BCUT2D eigenvalue weighted by molar-refractivity contribution is -0.150. The first-order valence-electron chi connectivity index (χ1n) is 24.1. The van der Waals surface area contributed by atoms with Gasteiger partial charge in [0.1, 0.15) is 11.5 Å². The van der Waals surface area contributed by atoms with Gasteiger partial charge in [0.15, 0.2) is 25.4 Å². The average molecular weight is 977 g/mol. The van der Waals surface area contributed by atoms with Gasteiger partial charge in [-0.05, 0) is 103 Å². The van der Waals surface area contributed by atoms with Gasteiger partial charge in [-0.2, -0.15) is 0 Å². The lowest BCUT2D eigenvalue weighted by Gasteiger charge is -2.33. The first-order valence-corrected chi connectivity index (χ1v) is 27.2. The minimum atomic E-state index is -3.27. The highest BCUT2D eigenvalue weighted by molar-refractivity contribution is 6.71. The number of hydrogen-bond donors (Lipinski definition) is 2. The molecule has 2 N–H and O–H groups in total. The Morgan fingerprint density at radius 1 is 0.639 bits per heavy atom. The third-order valence-corrected chi connectivity index (χ3v) is 16.8. The zero-order valence-corrected chi connectivity index (χ0v) is 41.0. The summed E-state index contributed by atoms with van der Waals surface area (Å²) in [5.74, 6) is -0.153. The summed E-state index contributed by atoms with van der Waals surface area (Å²) in [6.07, 6.45) is -1.06. The number of rotatable bonds is 11. The molecule has 4 atom stereocenters. The van der Waals surface area contributed by atoms with E-state index < -0.39 is 37.4 Å². The fourth-order valence-electron chi connectivity index (χ4n) is 11.2. The smallest absolute Gasteiger partial charge is 0.266 e. The second-order valence-electron chi connectivity index (χ2n) is 19.3. The first kappa shape index (κ1) is 46.5. The van der Waals surface area contributed by atoms with Crippen molar-refractivity contribution in [2.45, 2.75) is 56.8 Å². The summed E-state index contributed by atoms with van der Waals surface area (Å²) >= 11 is 0. The highest BCUT2D eigenvalue weighted by Crippen LogP contribution is 2.61. The van der Waals surface area contributed by atoms with Crippen molar-refractivity contribution >= 4 is 60.4 Å². The summed E-state index contributed by atoms with van der Waals surface area (Å²) in [7, 11) is -3.27. The van der Waals surface area contributed by atoms with Crippen LogP contribution in [0.3, 0.4) is 0 Å². The summed E-state index contributed by atoms with van der Waals surface area (Å²) in [5.41, 5.74) is 3.07. The van der Waals surface area contributed by atoms with Gasteiger partial charge in [-0.25, -0.2) is 0 Å². The van der Waals surface area contributed by atoms with Gasteiger partial charge in [-0.3, -0.25) is 29.0 Å². The van der Waals surface area contributed by atoms with Crippen molar-refractivity contribution in [3.05, 3.63) is 198 Å². The van der Waals surface area contributed by atoms with Crippen molar-refractivity contribution in [3.8, 4) is 23.0 Å². The Hall–Kier alpha value is -7.88. The predicted molar refractivity (Wildman–Crippen MR) is 276 cm³/mol. The number of carbonyl (C=O) groups excluding carboxylic acids is 4. The van der Waals surface area contributed by atoms with Crippen LogP contribution >= 0.6 is 0 Å². The number of fused-ring (bicyclic) bond motifs is 6. The van der Waals surface area contributed by atoms with E-state index in [1.165, 1.54) is 0 Å². The Morgan fingerprint density at radius 2 is 1.18 bits per heavy atom. The molecule has 11 rings (SSSR count). The van der Waals surface area contributed by atoms with E-state index >= 15 is 4.79 Å². The normalized spacial score (nSPS) is 19.9. The topological polar surface area (TPSA) is 149 Å². The van der Waals surface area contributed by atoms with E-state index in [4.69, 9.17) is 14.2 Å². The number of aliphatic hydroxyl groups is 1. The van der Waals surface area contributed by atoms with E-state index in [9.17, 15) is 24.3 Å². The van der Waals surface area contributed by atoms with Gasteiger partial charge >= 0.3 is 0 Å². The molecule has 72 heavy (non-hydrogen) atoms. The number of aliphatic hydroxyl groups excluding tert-OH is 1. The molecule has 4 aliphatic heterocycles. The zero-order chi connectivity index (χ0) is 49.9. The predicted octanol–water partition coefficient (Wildman–Crippen LogP) is 10.6. The summed E-state index contributed by atoms with van der Waals surface area (Å²) in [4.78, 5) is 78.5. The molecule has 1 spiro atoms. The van der Waals surface area contributed by atoms with E-state index in [1.807, 2.05) is 128 Å². The highest BCUT2D eigenvalue weighted by Gasteiger charge is 2.66. The standard InChI is InChI=1S/C58H52N4O9Si/c1-37-54(72(2,3)68)52(34-53(64)59(30-31-63)35-38-16-5-4-6-17-38)71-58(37)44-33-41(62-47-23-10-14-27-51(47)70-49-25-12-8-21-43(49)56(62)66)28-29-45(44)60(57(58)67)36-39-18-15-19-40(32-39)61-46-22-9-13-26-50(46)69-48-24-11-7-20-42(48)55(61)65/h4-29,32-33,37,52,54,63,68H,30-31,34-36H2,1-3H3/t37-,52+,54-,58+/m1/s1. The molecular weight excluding hydrogens is 925 g/mol. The summed E-state index contributed by atoms with van der Waals surface area (Å²) in [6, 6.07) is 51.3. The molecule has 7 aromatic carbocycles. The van der Waals surface area contributed by atoms with Crippen molar-refractivity contribution in [1.29, 1.82) is 0 Å². The zero-order valence-electron chi connectivity index (χ0n) is 40.0. The van der Waals surface area contributed by atoms with Crippen LogP contribution < -0.4 is 24.2 Å². The van der Waals surface area contributed by atoms with Crippen LogP contribution in [0.4, 0.5) is 28.4 Å². The number of benzene rings is 7. The van der Waals surface area contributed by atoms with Crippen LogP contribution in [-0.4, -0.2) is 66.0 Å². The molecule has 7 aromatic rings. The van der Waals surface area contributed by atoms with Gasteiger partial charge in [0, 0.05) is 41.5 Å². The number of para-hydroxylation sites is 6. The van der Waals surface area contributed by atoms with E-state index in [0.717, 1.165) is 5.56 Å². The van der Waals surface area contributed by atoms with Crippen LogP contribution in [-0.2, 0) is 33.0 Å². The van der Waals surface area contributed by atoms with Gasteiger partial charge in [0.25, 0.3) is 17.7 Å². The van der Waals surface area contributed by atoms with Crippen molar-refractivity contribution in [3.63, 3.8) is 0 Å². The summed E-state index contributed by atoms with van der Waals surface area (Å²) in [5, 5.41) is 10.1. The second kappa shape index (κ2) is 18.4. The average Bonchev–Trinajstić information content (AvgIpc) is 3.69. The summed E-state index contributed by atoms with van der Waals surface area (Å²) in [6.45, 7) is 5.65. The molecule has 13 nitrogen and oxygen atoms in total. The number of hydrogen-bond acceptors (Lipinski definition) is 9. The number of amides is 4. The number of nitrogens with zero attached hydrogens (tertiary/aromatic N) is 4. The van der Waals surface area contributed by atoms with Crippen LogP contribution in [0, 0.1) is 5.92 Å². The third kappa shape index (κ3) is 7.92. The van der Waals surface area contributed by atoms with Crippen LogP contribution in [0.2, 0.25) is 18.6 Å². The van der Waals surface area contributed by atoms with Crippen LogP contribution in [0.1, 0.15) is 50.8 Å². The summed E-state index contributed by atoms with van der Waals surface area (Å²) < 4.78 is 19.9. The molecule has 0 unspecified atom stereocenters. The molecule has 0 aromatic heterocycles. The van der Waals surface area contributed by atoms with Crippen molar-refractivity contribution in [2.75, 3.05) is 27.9 Å². The molecule has 4 heterocycles. The second-order valence-corrected chi connectivity index (χ2v) is 23.2. The number of carbonyl (C=O) groups is 4. The highest BCUT2D eigenvalue weighted by atomic mass is 28.4. The van der Waals surface area contributed by atoms with Gasteiger partial charge < -0.3 is 33.9 Å². The maximum atomic E-state index is 16.0. The molecule has 0 bridgehead atoms. The molecule has 1 fully saturated rings. The molecule has 0 aliphatic carbocycles.